The van der Waals surface area contributed by atoms with Crippen molar-refractivity contribution in [2.45, 2.75) is 0 Å². The summed E-state index contributed by atoms with van der Waals surface area (Å²) in [7, 11) is 0. The summed E-state index contributed by atoms with van der Waals surface area (Å²) in [5, 5.41) is 6.52. The van der Waals surface area contributed by atoms with Gasteiger partial charge in [-0.3, -0.25) is 0 Å². The molecular formula is C38H23NO. The molecule has 0 fully saturated rings. The van der Waals surface area contributed by atoms with E-state index in [0.717, 1.165) is 54.8 Å². The van der Waals surface area contributed by atoms with Crippen LogP contribution in [0.3, 0.4) is 0 Å². The Morgan fingerprint density at radius 3 is 2.27 bits per heavy atom. The number of nitrogens with zero attached hydrogens (tertiary/aromatic N) is 1. The van der Waals surface area contributed by atoms with E-state index in [1.807, 2.05) is 60.7 Å². The van der Waals surface area contributed by atoms with Gasteiger partial charge in [-0.15, -0.1) is 0 Å². The second kappa shape index (κ2) is 8.08. The molecule has 0 bridgehead atoms. The highest BCUT2D eigenvalue weighted by molar-refractivity contribution is 6.19. The van der Waals surface area contributed by atoms with Crippen molar-refractivity contribution in [3.8, 4) is 39.4 Å². The van der Waals surface area contributed by atoms with Crippen molar-refractivity contribution in [2.24, 2.45) is 0 Å². The molecule has 0 spiro atoms. The second-order valence-corrected chi connectivity index (χ2v) is 10.3. The Morgan fingerprint density at radius 2 is 1.35 bits per heavy atom. The molecule has 0 unspecified atom stereocenters. The Kier molecular flexibility index (Phi) is 3.80. The van der Waals surface area contributed by atoms with Gasteiger partial charge < -0.3 is 9.30 Å². The molecule has 1 aromatic heterocycles. The molecule has 1 aliphatic heterocycles. The largest absolute Gasteiger partial charge is 0.456 e. The number of para-hydroxylation sites is 1. The first kappa shape index (κ1) is 18.8. The van der Waals surface area contributed by atoms with Crippen LogP contribution in [0.25, 0.3) is 71.3 Å². The van der Waals surface area contributed by atoms with Crippen molar-refractivity contribution in [2.75, 3.05) is 0 Å². The Balaban J connectivity index is 1.37. The lowest BCUT2D eigenvalue weighted by atomic mass is 9.92. The van der Waals surface area contributed by atoms with Gasteiger partial charge in [0.1, 0.15) is 11.5 Å². The second-order valence-electron chi connectivity index (χ2n) is 10.3. The third-order valence-corrected chi connectivity index (χ3v) is 8.08. The Bertz CT molecular complexity index is 2460. The summed E-state index contributed by atoms with van der Waals surface area (Å²) in [5.41, 5.74) is 5.74. The number of fused-ring (bicyclic) bond motifs is 7. The standard InChI is InChI=1S/C38H23NO/c1-2-11-28(12-3-1)39-34-23-27(17-19-30(34)32-20-16-24-8-4-5-13-29(24)38(32)39)26-18-21-35-33(22-26)31-14-6-9-25-10-7-15-36(40-35)37(25)31/h1-23H/i18D,21D,22D. The van der Waals surface area contributed by atoms with Crippen molar-refractivity contribution in [1.82, 2.24) is 4.57 Å². The van der Waals surface area contributed by atoms with Gasteiger partial charge in [-0.2, -0.15) is 0 Å². The zero-order valence-electron chi connectivity index (χ0n) is 24.4. The van der Waals surface area contributed by atoms with Crippen LogP contribution >= 0.6 is 0 Å². The molecule has 0 N–H and O–H groups in total. The van der Waals surface area contributed by atoms with Gasteiger partial charge in [0.15, 0.2) is 0 Å². The van der Waals surface area contributed by atoms with Gasteiger partial charge in [0.05, 0.1) is 15.1 Å². The molecule has 40 heavy (non-hydrogen) atoms. The first-order valence-corrected chi connectivity index (χ1v) is 13.5. The highest BCUT2D eigenvalue weighted by atomic mass is 16.5. The lowest BCUT2D eigenvalue weighted by molar-refractivity contribution is 0.487. The summed E-state index contributed by atoms with van der Waals surface area (Å²) in [6.45, 7) is 0. The maximum atomic E-state index is 9.46. The summed E-state index contributed by atoms with van der Waals surface area (Å²) in [6.07, 6.45) is 0. The quantitative estimate of drug-likeness (QED) is 0.225. The van der Waals surface area contributed by atoms with Crippen LogP contribution in [0.4, 0.5) is 0 Å². The monoisotopic (exact) mass is 512 g/mol. The molecule has 0 saturated heterocycles. The molecule has 0 atom stereocenters. The highest BCUT2D eigenvalue weighted by Crippen LogP contribution is 2.47. The minimum absolute atomic E-state index is 0.0116. The van der Waals surface area contributed by atoms with Gasteiger partial charge in [-0.1, -0.05) is 103 Å². The molecule has 186 valence electrons. The predicted molar refractivity (Wildman–Crippen MR) is 167 cm³/mol. The topological polar surface area (TPSA) is 14.2 Å². The molecule has 2 heterocycles. The maximum Gasteiger partial charge on any atom is 0.135 e. The number of aromatic nitrogens is 1. The SMILES string of the molecule is [2H]c1c([2H])c(-c2ccc3c4ccc5ccccc5c4n(-c4ccccc4)c3c2)c([2H])c2c1Oc1cccc3cccc-2c13. The molecule has 1 aliphatic rings. The van der Waals surface area contributed by atoms with Crippen molar-refractivity contribution < 1.29 is 8.85 Å². The number of hydrogen-bond acceptors (Lipinski definition) is 1. The van der Waals surface area contributed by atoms with Crippen molar-refractivity contribution in [3.63, 3.8) is 0 Å². The van der Waals surface area contributed by atoms with Crippen LogP contribution in [0.2, 0.25) is 0 Å². The van der Waals surface area contributed by atoms with Crippen LogP contribution in [-0.2, 0) is 0 Å². The molecule has 0 amide bonds. The van der Waals surface area contributed by atoms with E-state index in [-0.39, 0.29) is 23.9 Å². The lowest BCUT2D eigenvalue weighted by Crippen LogP contribution is -1.97. The van der Waals surface area contributed by atoms with E-state index in [9.17, 15) is 1.37 Å². The molecule has 2 nitrogen and oxygen atoms in total. The predicted octanol–water partition coefficient (Wildman–Crippen LogP) is 10.5. The van der Waals surface area contributed by atoms with E-state index in [0.29, 0.717) is 16.9 Å². The third-order valence-electron chi connectivity index (χ3n) is 8.08. The minimum Gasteiger partial charge on any atom is -0.456 e. The van der Waals surface area contributed by atoms with Crippen LogP contribution in [0.15, 0.2) is 139 Å². The van der Waals surface area contributed by atoms with Crippen LogP contribution in [-0.4, -0.2) is 4.57 Å². The first-order chi connectivity index (χ1) is 21.1. The summed E-state index contributed by atoms with van der Waals surface area (Å²) in [4.78, 5) is 0. The molecule has 2 heteroatoms. The van der Waals surface area contributed by atoms with E-state index < -0.39 is 0 Å². The van der Waals surface area contributed by atoms with Crippen molar-refractivity contribution in [3.05, 3.63) is 139 Å². The Hall–Kier alpha value is -5.34. The van der Waals surface area contributed by atoms with E-state index in [2.05, 4.69) is 65.2 Å². The molecule has 8 aromatic rings. The molecule has 0 aliphatic carbocycles. The fourth-order valence-corrected chi connectivity index (χ4v) is 6.29. The zero-order valence-corrected chi connectivity index (χ0v) is 21.4. The summed E-state index contributed by atoms with van der Waals surface area (Å²) < 4.78 is 36.1. The van der Waals surface area contributed by atoms with Crippen molar-refractivity contribution >= 4 is 43.4 Å². The van der Waals surface area contributed by atoms with Crippen LogP contribution in [0.1, 0.15) is 4.11 Å². The lowest BCUT2D eigenvalue weighted by Gasteiger charge is -2.22. The van der Waals surface area contributed by atoms with Crippen molar-refractivity contribution in [1.29, 1.82) is 0 Å². The summed E-state index contributed by atoms with van der Waals surface area (Å²) >= 11 is 0. The van der Waals surface area contributed by atoms with Crippen LogP contribution in [0, 0.1) is 0 Å². The number of ether oxygens (including phenoxy) is 1. The first-order valence-electron chi connectivity index (χ1n) is 15.0. The average Bonchev–Trinajstić information content (AvgIpc) is 3.38. The maximum absolute atomic E-state index is 9.46. The third kappa shape index (κ3) is 2.99. The fraction of sp³-hybridized carbons (Fsp3) is 0. The van der Waals surface area contributed by atoms with Gasteiger partial charge in [-0.05, 0) is 63.8 Å². The number of rotatable bonds is 2. The van der Waals surface area contributed by atoms with Gasteiger partial charge in [-0.25, -0.2) is 0 Å². The summed E-state index contributed by atoms with van der Waals surface area (Å²) in [5.74, 6) is 0.928. The van der Waals surface area contributed by atoms with E-state index in [1.54, 1.807) is 0 Å². The fourth-order valence-electron chi connectivity index (χ4n) is 6.29. The molecule has 0 radical (unpaired) electrons. The number of benzene rings is 7. The molecular weight excluding hydrogens is 486 g/mol. The number of hydrogen-bond donors (Lipinski definition) is 0. The molecule has 0 saturated carbocycles. The van der Waals surface area contributed by atoms with E-state index in [1.165, 1.54) is 5.39 Å². The molecule has 7 aromatic carbocycles. The van der Waals surface area contributed by atoms with E-state index >= 15 is 0 Å². The van der Waals surface area contributed by atoms with Gasteiger partial charge in [0.25, 0.3) is 0 Å². The van der Waals surface area contributed by atoms with Crippen LogP contribution in [0.5, 0.6) is 11.5 Å². The highest BCUT2D eigenvalue weighted by Gasteiger charge is 2.21. The van der Waals surface area contributed by atoms with Gasteiger partial charge in [0, 0.05) is 32.8 Å². The normalized spacial score (nSPS) is 13.2. The average molecular weight is 513 g/mol. The summed E-state index contributed by atoms with van der Waals surface area (Å²) in [6, 6.07) is 41.3. The van der Waals surface area contributed by atoms with Crippen LogP contribution < -0.4 is 4.74 Å². The molecule has 9 rings (SSSR count). The Labute approximate surface area is 235 Å². The Morgan fingerprint density at radius 1 is 0.550 bits per heavy atom. The smallest absolute Gasteiger partial charge is 0.135 e. The minimum atomic E-state index is -0.0119. The van der Waals surface area contributed by atoms with Gasteiger partial charge >= 0.3 is 0 Å². The zero-order chi connectivity index (χ0) is 28.8. The van der Waals surface area contributed by atoms with E-state index in [4.69, 9.17) is 7.48 Å². The van der Waals surface area contributed by atoms with Gasteiger partial charge in [0.2, 0.25) is 0 Å².